The van der Waals surface area contributed by atoms with Crippen LogP contribution >= 0.6 is 0 Å². The van der Waals surface area contributed by atoms with Gasteiger partial charge in [0.05, 0.1) is 12.6 Å². The predicted molar refractivity (Wildman–Crippen MR) is 76.3 cm³/mol. The van der Waals surface area contributed by atoms with E-state index in [9.17, 15) is 9.90 Å². The van der Waals surface area contributed by atoms with Crippen LogP contribution in [-0.2, 0) is 4.79 Å². The first-order chi connectivity index (χ1) is 10.1. The third-order valence-corrected chi connectivity index (χ3v) is 3.32. The van der Waals surface area contributed by atoms with E-state index >= 15 is 0 Å². The number of aromatic nitrogens is 4. The minimum absolute atomic E-state index is 0.111. The summed E-state index contributed by atoms with van der Waals surface area (Å²) in [6, 6.07) is 8.31. The van der Waals surface area contributed by atoms with Crippen molar-refractivity contribution >= 4 is 5.91 Å². The number of nitrogens with one attached hydrogen (secondary N) is 1. The molecule has 2 N–H and O–H groups in total. The first-order valence-electron chi connectivity index (χ1n) is 6.82. The third-order valence-electron chi connectivity index (χ3n) is 3.32. The van der Waals surface area contributed by atoms with Crippen molar-refractivity contribution in [1.29, 1.82) is 0 Å². The van der Waals surface area contributed by atoms with E-state index in [-0.39, 0.29) is 24.5 Å². The fourth-order valence-corrected chi connectivity index (χ4v) is 2.03. The number of carbonyl (C=O) groups excluding carboxylic acids is 1. The van der Waals surface area contributed by atoms with Crippen LogP contribution in [0.3, 0.4) is 0 Å². The van der Waals surface area contributed by atoms with E-state index in [4.69, 9.17) is 0 Å². The van der Waals surface area contributed by atoms with Crippen molar-refractivity contribution in [3.63, 3.8) is 0 Å². The van der Waals surface area contributed by atoms with Crippen molar-refractivity contribution in [2.45, 2.75) is 25.9 Å². The smallest absolute Gasteiger partial charge is 0.249 e. The Bertz CT molecular complexity index is 556. The molecule has 2 rings (SSSR count). The van der Waals surface area contributed by atoms with Crippen LogP contribution in [0.5, 0.6) is 0 Å². The summed E-state index contributed by atoms with van der Waals surface area (Å²) in [5.74, 6) is -0.120. The number of aliphatic hydroxyl groups is 1. The Labute approximate surface area is 123 Å². The lowest BCUT2D eigenvalue weighted by atomic mass is 10.0. The SMILES string of the molecule is CC(C)C(CO)NC(=O)C(c1ccccc1)n1cnnn1. The van der Waals surface area contributed by atoms with Crippen molar-refractivity contribution in [3.8, 4) is 0 Å². The Balaban J connectivity index is 2.26. The first-order valence-corrected chi connectivity index (χ1v) is 6.82. The molecule has 1 heterocycles. The van der Waals surface area contributed by atoms with E-state index in [0.717, 1.165) is 5.56 Å². The number of carbonyl (C=O) groups is 1. The molecule has 0 saturated carbocycles. The second-order valence-electron chi connectivity index (χ2n) is 5.14. The molecule has 1 aromatic heterocycles. The Morgan fingerprint density at radius 2 is 2.05 bits per heavy atom. The van der Waals surface area contributed by atoms with Crippen LogP contribution in [0, 0.1) is 5.92 Å². The van der Waals surface area contributed by atoms with Gasteiger partial charge in [-0.2, -0.15) is 0 Å². The summed E-state index contributed by atoms with van der Waals surface area (Å²) in [4.78, 5) is 12.6. The van der Waals surface area contributed by atoms with Gasteiger partial charge in [0.25, 0.3) is 0 Å². The zero-order chi connectivity index (χ0) is 15.2. The number of rotatable bonds is 6. The quantitative estimate of drug-likeness (QED) is 0.802. The zero-order valence-electron chi connectivity index (χ0n) is 12.0. The van der Waals surface area contributed by atoms with Gasteiger partial charge in [-0.3, -0.25) is 4.79 Å². The number of aliphatic hydroxyl groups excluding tert-OH is 1. The Hall–Kier alpha value is -2.28. The van der Waals surface area contributed by atoms with Crippen LogP contribution in [0.1, 0.15) is 25.5 Å². The van der Waals surface area contributed by atoms with E-state index in [1.54, 1.807) is 0 Å². The van der Waals surface area contributed by atoms with Gasteiger partial charge in [0, 0.05) is 0 Å². The number of benzene rings is 1. The molecular formula is C14H19N5O2. The number of hydrogen-bond acceptors (Lipinski definition) is 5. The molecule has 0 fully saturated rings. The Morgan fingerprint density at radius 3 is 2.57 bits per heavy atom. The molecule has 0 bridgehead atoms. The van der Waals surface area contributed by atoms with Crippen LogP contribution in [0.4, 0.5) is 0 Å². The van der Waals surface area contributed by atoms with Gasteiger partial charge in [-0.05, 0) is 21.9 Å². The minimum Gasteiger partial charge on any atom is -0.394 e. The molecule has 0 aliphatic rings. The van der Waals surface area contributed by atoms with Crippen molar-refractivity contribution in [2.75, 3.05) is 6.61 Å². The van der Waals surface area contributed by atoms with Gasteiger partial charge in [0.15, 0.2) is 6.04 Å². The average Bonchev–Trinajstić information content (AvgIpc) is 2.99. The molecule has 0 aliphatic heterocycles. The molecule has 0 spiro atoms. The highest BCUT2D eigenvalue weighted by Gasteiger charge is 2.26. The van der Waals surface area contributed by atoms with Gasteiger partial charge in [-0.25, -0.2) is 4.68 Å². The number of amides is 1. The van der Waals surface area contributed by atoms with Crippen LogP contribution < -0.4 is 5.32 Å². The van der Waals surface area contributed by atoms with Gasteiger partial charge in [0.2, 0.25) is 5.91 Å². The molecule has 2 unspecified atom stereocenters. The molecule has 2 aromatic rings. The lowest BCUT2D eigenvalue weighted by Gasteiger charge is -2.23. The summed E-state index contributed by atoms with van der Waals surface area (Å²) >= 11 is 0. The Kier molecular flexibility index (Phi) is 4.99. The summed E-state index contributed by atoms with van der Waals surface area (Å²) in [7, 11) is 0. The first kappa shape index (κ1) is 15.1. The summed E-state index contributed by atoms with van der Waals surface area (Å²) in [6.07, 6.45) is 1.40. The second kappa shape index (κ2) is 6.94. The topological polar surface area (TPSA) is 92.9 Å². The molecule has 7 nitrogen and oxygen atoms in total. The maximum atomic E-state index is 12.6. The van der Waals surface area contributed by atoms with Gasteiger partial charge < -0.3 is 10.4 Å². The Morgan fingerprint density at radius 1 is 1.33 bits per heavy atom. The highest BCUT2D eigenvalue weighted by Crippen LogP contribution is 2.17. The van der Waals surface area contributed by atoms with Crippen molar-refractivity contribution in [2.24, 2.45) is 5.92 Å². The number of hydrogen-bond donors (Lipinski definition) is 2. The monoisotopic (exact) mass is 289 g/mol. The molecular weight excluding hydrogens is 270 g/mol. The number of nitrogens with zero attached hydrogens (tertiary/aromatic N) is 4. The van der Waals surface area contributed by atoms with E-state index in [1.165, 1.54) is 11.0 Å². The average molecular weight is 289 g/mol. The van der Waals surface area contributed by atoms with Crippen molar-refractivity contribution in [1.82, 2.24) is 25.5 Å². The molecule has 1 amide bonds. The zero-order valence-corrected chi connectivity index (χ0v) is 12.0. The maximum absolute atomic E-state index is 12.6. The fourth-order valence-electron chi connectivity index (χ4n) is 2.03. The molecule has 1 aromatic carbocycles. The third kappa shape index (κ3) is 3.63. The summed E-state index contributed by atoms with van der Waals surface area (Å²) in [5.41, 5.74) is 0.780. The lowest BCUT2D eigenvalue weighted by molar-refractivity contribution is -0.124. The van der Waals surface area contributed by atoms with E-state index in [0.29, 0.717) is 0 Å². The highest BCUT2D eigenvalue weighted by molar-refractivity contribution is 5.83. The van der Waals surface area contributed by atoms with Gasteiger partial charge in [-0.1, -0.05) is 44.2 Å². The van der Waals surface area contributed by atoms with E-state index < -0.39 is 6.04 Å². The maximum Gasteiger partial charge on any atom is 0.249 e. The van der Waals surface area contributed by atoms with Crippen LogP contribution in [0.15, 0.2) is 36.7 Å². The van der Waals surface area contributed by atoms with Gasteiger partial charge >= 0.3 is 0 Å². The van der Waals surface area contributed by atoms with Gasteiger partial charge in [0.1, 0.15) is 6.33 Å². The standard InChI is InChI=1S/C14H19N5O2/c1-10(2)12(8-20)16-14(21)13(19-9-15-17-18-19)11-6-4-3-5-7-11/h3-7,9-10,12-13,20H,8H2,1-2H3,(H,16,21). The van der Waals surface area contributed by atoms with Crippen LogP contribution in [0.2, 0.25) is 0 Å². The fraction of sp³-hybridized carbons (Fsp3) is 0.429. The summed E-state index contributed by atoms with van der Waals surface area (Å²) < 4.78 is 1.40. The van der Waals surface area contributed by atoms with E-state index in [2.05, 4.69) is 20.8 Å². The van der Waals surface area contributed by atoms with Crippen molar-refractivity contribution in [3.05, 3.63) is 42.2 Å². The van der Waals surface area contributed by atoms with E-state index in [1.807, 2.05) is 44.2 Å². The van der Waals surface area contributed by atoms with Crippen molar-refractivity contribution < 1.29 is 9.90 Å². The molecule has 0 saturated heterocycles. The largest absolute Gasteiger partial charge is 0.394 e. The normalized spacial score (nSPS) is 13.9. The van der Waals surface area contributed by atoms with Gasteiger partial charge in [-0.15, -0.1) is 5.10 Å². The van der Waals surface area contributed by atoms with Crippen LogP contribution in [-0.4, -0.2) is 43.9 Å². The summed E-state index contributed by atoms with van der Waals surface area (Å²) in [6.45, 7) is 3.77. The van der Waals surface area contributed by atoms with Crippen LogP contribution in [0.25, 0.3) is 0 Å². The molecule has 112 valence electrons. The molecule has 2 atom stereocenters. The second-order valence-corrected chi connectivity index (χ2v) is 5.14. The summed E-state index contributed by atoms with van der Waals surface area (Å²) in [5, 5.41) is 23.2. The molecule has 0 radical (unpaired) electrons. The predicted octanol–water partition coefficient (Wildman–Crippen LogP) is 0.396. The lowest BCUT2D eigenvalue weighted by Crippen LogP contribution is -2.44. The minimum atomic E-state index is -0.658. The molecule has 0 aliphatic carbocycles. The number of tetrazole rings is 1. The molecule has 21 heavy (non-hydrogen) atoms. The highest BCUT2D eigenvalue weighted by atomic mass is 16.3. The molecule has 7 heteroatoms.